The van der Waals surface area contributed by atoms with Crippen molar-refractivity contribution < 1.29 is 18.7 Å². The zero-order chi connectivity index (χ0) is 14.5. The first kappa shape index (κ1) is 14.5. The van der Waals surface area contributed by atoms with Gasteiger partial charge >= 0.3 is 6.03 Å². The van der Waals surface area contributed by atoms with Crippen molar-refractivity contribution in [2.45, 2.75) is 18.9 Å². The quantitative estimate of drug-likeness (QED) is 0.499. The molecule has 2 rings (SSSR count). The molecule has 20 heavy (non-hydrogen) atoms. The van der Waals surface area contributed by atoms with E-state index in [0.29, 0.717) is 18.9 Å². The minimum absolute atomic E-state index is 0.0672. The Labute approximate surface area is 116 Å². The smallest absolute Gasteiger partial charge is 0.336 e. The summed E-state index contributed by atoms with van der Waals surface area (Å²) in [7, 11) is 1.46. The van der Waals surface area contributed by atoms with E-state index in [4.69, 9.17) is 15.3 Å². The number of hydrazine groups is 1. The maximum absolute atomic E-state index is 13.4. The van der Waals surface area contributed by atoms with Gasteiger partial charge in [-0.1, -0.05) is 0 Å². The number of nitrogens with two attached hydrogens (primary N) is 1. The highest BCUT2D eigenvalue weighted by Crippen LogP contribution is 2.30. The molecule has 1 aromatic carbocycles. The minimum Gasteiger partial charge on any atom is -0.488 e. The van der Waals surface area contributed by atoms with Crippen molar-refractivity contribution in [3.05, 3.63) is 24.0 Å². The summed E-state index contributed by atoms with van der Waals surface area (Å²) < 4.78 is 24.4. The number of carbonyl (C=O) groups is 1. The van der Waals surface area contributed by atoms with Gasteiger partial charge in [-0.15, -0.1) is 0 Å². The average Bonchev–Trinajstić information content (AvgIpc) is 2.47. The number of urea groups is 1. The third-order valence-corrected chi connectivity index (χ3v) is 3.08. The van der Waals surface area contributed by atoms with Gasteiger partial charge in [-0.05, 0) is 12.1 Å². The lowest BCUT2D eigenvalue weighted by atomic mass is 10.1. The van der Waals surface area contributed by atoms with Crippen LogP contribution in [-0.4, -0.2) is 32.4 Å². The van der Waals surface area contributed by atoms with Crippen molar-refractivity contribution in [2.75, 3.05) is 25.3 Å². The molecule has 1 saturated heterocycles. The normalized spacial score (nSPS) is 15.8. The molecule has 2 amide bonds. The molecule has 0 radical (unpaired) electrons. The van der Waals surface area contributed by atoms with Gasteiger partial charge in [0.05, 0.1) is 13.2 Å². The van der Waals surface area contributed by atoms with Crippen LogP contribution in [-0.2, 0) is 4.74 Å². The molecule has 7 heteroatoms. The second-order valence-corrected chi connectivity index (χ2v) is 4.47. The number of carbonyl (C=O) groups excluding carboxylic acids is 1. The molecule has 3 N–H and O–H groups in total. The van der Waals surface area contributed by atoms with Crippen LogP contribution in [0, 0.1) is 5.82 Å². The number of nitrogens with one attached hydrogen (secondary N) is 1. The van der Waals surface area contributed by atoms with Gasteiger partial charge in [0.25, 0.3) is 0 Å². The highest BCUT2D eigenvalue weighted by Gasteiger charge is 2.20. The zero-order valence-electron chi connectivity index (χ0n) is 11.3. The number of amides is 2. The van der Waals surface area contributed by atoms with Crippen LogP contribution in [0.1, 0.15) is 12.8 Å². The van der Waals surface area contributed by atoms with E-state index in [9.17, 15) is 9.18 Å². The Morgan fingerprint density at radius 3 is 2.85 bits per heavy atom. The first-order valence-corrected chi connectivity index (χ1v) is 6.42. The summed E-state index contributed by atoms with van der Waals surface area (Å²) in [6.07, 6.45) is 1.38. The third kappa shape index (κ3) is 3.37. The predicted molar refractivity (Wildman–Crippen MR) is 72.0 cm³/mol. The van der Waals surface area contributed by atoms with Crippen LogP contribution in [0.5, 0.6) is 5.75 Å². The summed E-state index contributed by atoms with van der Waals surface area (Å²) in [5, 5.41) is 3.30. The second kappa shape index (κ2) is 6.53. The fraction of sp³-hybridized carbons (Fsp3) is 0.462. The lowest BCUT2D eigenvalue weighted by Gasteiger charge is -2.26. The number of nitrogens with zero attached hydrogens (tertiary/aromatic N) is 1. The average molecular weight is 283 g/mol. The Hall–Kier alpha value is -1.86. The monoisotopic (exact) mass is 283 g/mol. The van der Waals surface area contributed by atoms with Crippen LogP contribution in [0.4, 0.5) is 14.9 Å². The molecule has 0 atom stereocenters. The molecule has 1 aromatic rings. The van der Waals surface area contributed by atoms with Crippen molar-refractivity contribution >= 4 is 11.7 Å². The van der Waals surface area contributed by atoms with Crippen LogP contribution in [0.15, 0.2) is 18.2 Å². The Bertz CT molecular complexity index is 478. The van der Waals surface area contributed by atoms with E-state index in [1.54, 1.807) is 0 Å². The van der Waals surface area contributed by atoms with Gasteiger partial charge in [-0.3, -0.25) is 0 Å². The maximum Gasteiger partial charge on any atom is 0.336 e. The van der Waals surface area contributed by atoms with Crippen molar-refractivity contribution in [3.63, 3.8) is 0 Å². The van der Waals surface area contributed by atoms with Gasteiger partial charge in [-0.2, -0.15) is 0 Å². The lowest BCUT2D eigenvalue weighted by molar-refractivity contribution is 0.0256. The topological polar surface area (TPSA) is 76.8 Å². The summed E-state index contributed by atoms with van der Waals surface area (Å²) in [6.45, 7) is 1.22. The number of hydrogen-bond acceptors (Lipinski definition) is 4. The lowest BCUT2D eigenvalue weighted by Crippen LogP contribution is -2.43. The fourth-order valence-corrected chi connectivity index (χ4v) is 1.98. The Balaban J connectivity index is 2.20. The molecule has 1 fully saturated rings. The van der Waals surface area contributed by atoms with Crippen LogP contribution in [0.2, 0.25) is 0 Å². The Morgan fingerprint density at radius 1 is 1.50 bits per heavy atom. The summed E-state index contributed by atoms with van der Waals surface area (Å²) in [6, 6.07) is 3.37. The molecule has 0 unspecified atom stereocenters. The minimum atomic E-state index is -0.506. The second-order valence-electron chi connectivity index (χ2n) is 4.47. The van der Waals surface area contributed by atoms with E-state index in [-0.39, 0.29) is 11.9 Å². The highest BCUT2D eigenvalue weighted by molar-refractivity contribution is 5.92. The summed E-state index contributed by atoms with van der Waals surface area (Å²) in [4.78, 5) is 11.6. The zero-order valence-corrected chi connectivity index (χ0v) is 11.3. The molecule has 0 aliphatic carbocycles. The van der Waals surface area contributed by atoms with Gasteiger partial charge in [0.2, 0.25) is 0 Å². The summed E-state index contributed by atoms with van der Waals surface area (Å²) in [5.41, 5.74) is 0.317. The van der Waals surface area contributed by atoms with Gasteiger partial charge in [0, 0.05) is 26.0 Å². The first-order chi connectivity index (χ1) is 9.61. The van der Waals surface area contributed by atoms with Crippen molar-refractivity contribution in [1.82, 2.24) is 5.32 Å². The molecule has 1 aliphatic rings. The molecule has 0 spiro atoms. The van der Waals surface area contributed by atoms with E-state index < -0.39 is 11.8 Å². The van der Waals surface area contributed by atoms with Gasteiger partial charge < -0.3 is 14.8 Å². The van der Waals surface area contributed by atoms with Crippen LogP contribution < -0.4 is 20.9 Å². The van der Waals surface area contributed by atoms with Crippen LogP contribution in [0.3, 0.4) is 0 Å². The first-order valence-electron chi connectivity index (χ1n) is 6.42. The molecule has 1 aliphatic heterocycles. The van der Waals surface area contributed by atoms with Crippen molar-refractivity contribution in [3.8, 4) is 5.75 Å². The van der Waals surface area contributed by atoms with Gasteiger partial charge in [0.1, 0.15) is 23.4 Å². The molecule has 0 bridgehead atoms. The number of benzene rings is 1. The number of halogens is 1. The molecular weight excluding hydrogens is 265 g/mol. The number of hydrogen-bond donors (Lipinski definition) is 2. The maximum atomic E-state index is 13.4. The fourth-order valence-electron chi connectivity index (χ4n) is 1.98. The van der Waals surface area contributed by atoms with Crippen LogP contribution >= 0.6 is 0 Å². The standard InChI is InChI=1S/C13H18FN3O3/c1-16-13(18)17(15)11-3-2-9(14)8-12(11)20-10-4-6-19-7-5-10/h2-3,8,10H,4-7,15H2,1H3,(H,16,18). The molecule has 0 aromatic heterocycles. The van der Waals surface area contributed by atoms with E-state index in [1.807, 2.05) is 0 Å². The van der Waals surface area contributed by atoms with Gasteiger partial charge in [0.15, 0.2) is 0 Å². The molecule has 0 saturated carbocycles. The largest absolute Gasteiger partial charge is 0.488 e. The number of rotatable bonds is 3. The van der Waals surface area contributed by atoms with Crippen LogP contribution in [0.25, 0.3) is 0 Å². The highest BCUT2D eigenvalue weighted by atomic mass is 19.1. The molecule has 110 valence electrons. The number of anilines is 1. The third-order valence-electron chi connectivity index (χ3n) is 3.08. The van der Waals surface area contributed by atoms with E-state index in [2.05, 4.69) is 5.32 Å². The van der Waals surface area contributed by atoms with E-state index >= 15 is 0 Å². The summed E-state index contributed by atoms with van der Waals surface area (Å²) >= 11 is 0. The van der Waals surface area contributed by atoms with Crippen molar-refractivity contribution in [1.29, 1.82) is 0 Å². The Kier molecular flexibility index (Phi) is 4.75. The summed E-state index contributed by atoms with van der Waals surface area (Å²) in [5.74, 6) is 5.51. The molecule has 1 heterocycles. The molecule has 6 nitrogen and oxygen atoms in total. The van der Waals surface area contributed by atoms with Crippen molar-refractivity contribution in [2.24, 2.45) is 5.84 Å². The SMILES string of the molecule is CNC(=O)N(N)c1ccc(F)cc1OC1CCOCC1. The number of ether oxygens (including phenoxy) is 2. The molecular formula is C13H18FN3O3. The van der Waals surface area contributed by atoms with E-state index in [1.165, 1.54) is 25.2 Å². The van der Waals surface area contributed by atoms with E-state index in [0.717, 1.165) is 17.9 Å². The Morgan fingerprint density at radius 2 is 2.20 bits per heavy atom. The van der Waals surface area contributed by atoms with Gasteiger partial charge in [-0.25, -0.2) is 20.0 Å². The predicted octanol–water partition coefficient (Wildman–Crippen LogP) is 1.40.